The van der Waals surface area contributed by atoms with E-state index >= 15 is 0 Å². The Kier molecular flexibility index (Phi) is 3.64. The third-order valence-electron chi connectivity index (χ3n) is 5.86. The highest BCUT2D eigenvalue weighted by atomic mass is 16.3. The first-order valence-corrected chi connectivity index (χ1v) is 9.53. The maximum absolute atomic E-state index is 10.5. The Balaban J connectivity index is 1.61. The van der Waals surface area contributed by atoms with Crippen LogP contribution in [0.4, 0.5) is 0 Å². The van der Waals surface area contributed by atoms with E-state index in [9.17, 15) is 5.11 Å². The first kappa shape index (κ1) is 17.1. The molecule has 28 heavy (non-hydrogen) atoms. The number of pyridine rings is 1. The monoisotopic (exact) mass is 374 g/mol. The molecule has 7 nitrogen and oxygen atoms in total. The van der Waals surface area contributed by atoms with Gasteiger partial charge in [-0.3, -0.25) is 4.40 Å². The lowest BCUT2D eigenvalue weighted by molar-refractivity contribution is 0.0796. The smallest absolute Gasteiger partial charge is 0.166 e. The molecule has 142 valence electrons. The normalized spacial score (nSPS) is 16.2. The van der Waals surface area contributed by atoms with Crippen molar-refractivity contribution in [3.05, 3.63) is 65.9 Å². The molecule has 2 N–H and O–H groups in total. The maximum atomic E-state index is 10.5. The van der Waals surface area contributed by atoms with Gasteiger partial charge in [-0.25, -0.2) is 0 Å². The summed E-state index contributed by atoms with van der Waals surface area (Å²) in [5.74, 6) is 1.70. The number of nitrogens with zero attached hydrogens (tertiary/aromatic N) is 5. The Morgan fingerprint density at radius 2 is 1.86 bits per heavy atom. The molecule has 0 bridgehead atoms. The highest BCUT2D eigenvalue weighted by molar-refractivity contribution is 5.57. The molecule has 1 aromatic carbocycles. The van der Waals surface area contributed by atoms with Crippen LogP contribution in [0.5, 0.6) is 0 Å². The fraction of sp³-hybridized carbons (Fsp3) is 0.333. The summed E-state index contributed by atoms with van der Waals surface area (Å²) in [4.78, 5) is 3.04. The molecule has 1 saturated carbocycles. The fourth-order valence-electron chi connectivity index (χ4n) is 4.19. The second-order valence-corrected chi connectivity index (χ2v) is 8.05. The molecule has 4 aromatic rings. The Morgan fingerprint density at radius 1 is 1.07 bits per heavy atom. The number of aliphatic hydroxyl groups is 1. The summed E-state index contributed by atoms with van der Waals surface area (Å²) < 4.78 is 2.04. The molecule has 1 fully saturated rings. The number of H-pyrrole nitrogens is 1. The van der Waals surface area contributed by atoms with Gasteiger partial charge in [0.2, 0.25) is 0 Å². The highest BCUT2D eigenvalue weighted by Crippen LogP contribution is 2.48. The van der Waals surface area contributed by atoms with Gasteiger partial charge in [0.05, 0.1) is 11.0 Å². The number of hydrogen-bond donors (Lipinski definition) is 2. The second kappa shape index (κ2) is 5.97. The predicted molar refractivity (Wildman–Crippen MR) is 105 cm³/mol. The molecule has 1 aliphatic carbocycles. The molecule has 0 radical (unpaired) electrons. The average Bonchev–Trinajstić information content (AvgIpc) is 3.31. The van der Waals surface area contributed by atoms with E-state index in [0.717, 1.165) is 47.7 Å². The van der Waals surface area contributed by atoms with Gasteiger partial charge in [-0.2, -0.15) is 0 Å². The number of hydrogen-bond acceptors (Lipinski definition) is 5. The van der Waals surface area contributed by atoms with Gasteiger partial charge >= 0.3 is 0 Å². The van der Waals surface area contributed by atoms with E-state index in [2.05, 4.69) is 49.6 Å². The van der Waals surface area contributed by atoms with Crippen LogP contribution in [0.25, 0.3) is 17.0 Å². The SMILES string of the molecule is CC(C)(O)c1cccn2c(C3(c4ccc(-c5nnc[nH]5)cc4)CCC3)nnc12. The summed E-state index contributed by atoms with van der Waals surface area (Å²) in [5.41, 5.74) is 2.60. The minimum atomic E-state index is -0.974. The van der Waals surface area contributed by atoms with E-state index in [-0.39, 0.29) is 5.41 Å². The molecule has 0 aliphatic heterocycles. The van der Waals surface area contributed by atoms with Crippen LogP contribution in [0.3, 0.4) is 0 Å². The van der Waals surface area contributed by atoms with Gasteiger partial charge in [0.15, 0.2) is 11.5 Å². The zero-order valence-electron chi connectivity index (χ0n) is 15.9. The molecule has 3 aromatic heterocycles. The van der Waals surface area contributed by atoms with Crippen molar-refractivity contribution in [1.82, 2.24) is 29.8 Å². The van der Waals surface area contributed by atoms with Crippen LogP contribution < -0.4 is 0 Å². The highest BCUT2D eigenvalue weighted by Gasteiger charge is 2.44. The Morgan fingerprint density at radius 3 is 2.46 bits per heavy atom. The van der Waals surface area contributed by atoms with Gasteiger partial charge in [-0.05, 0) is 38.3 Å². The van der Waals surface area contributed by atoms with Gasteiger partial charge < -0.3 is 10.1 Å². The van der Waals surface area contributed by atoms with Gasteiger partial charge in [0.1, 0.15) is 12.2 Å². The second-order valence-electron chi connectivity index (χ2n) is 8.05. The van der Waals surface area contributed by atoms with Crippen LogP contribution in [0.1, 0.15) is 50.1 Å². The predicted octanol–water partition coefficient (Wildman–Crippen LogP) is 3.21. The Hall–Kier alpha value is -3.06. The lowest BCUT2D eigenvalue weighted by atomic mass is 9.63. The average molecular weight is 374 g/mol. The largest absolute Gasteiger partial charge is 0.386 e. The van der Waals surface area contributed by atoms with Gasteiger partial charge in [-0.15, -0.1) is 20.4 Å². The van der Waals surface area contributed by atoms with Crippen molar-refractivity contribution in [1.29, 1.82) is 0 Å². The number of nitrogens with one attached hydrogen (secondary N) is 1. The number of aromatic amines is 1. The van der Waals surface area contributed by atoms with E-state index in [4.69, 9.17) is 0 Å². The van der Waals surface area contributed by atoms with Crippen molar-refractivity contribution in [3.63, 3.8) is 0 Å². The van der Waals surface area contributed by atoms with Crippen molar-refractivity contribution in [2.24, 2.45) is 0 Å². The fourth-order valence-corrected chi connectivity index (χ4v) is 4.19. The van der Waals surface area contributed by atoms with Crippen LogP contribution in [0.2, 0.25) is 0 Å². The molecule has 0 amide bonds. The van der Waals surface area contributed by atoms with Crippen LogP contribution in [0, 0.1) is 0 Å². The summed E-state index contributed by atoms with van der Waals surface area (Å²) >= 11 is 0. The molecule has 0 spiro atoms. The molecule has 0 saturated heterocycles. The van der Waals surface area contributed by atoms with E-state index < -0.39 is 5.60 Å². The third kappa shape index (κ3) is 2.46. The lowest BCUT2D eigenvalue weighted by Crippen LogP contribution is -2.37. The summed E-state index contributed by atoms with van der Waals surface area (Å²) in [6, 6.07) is 12.3. The van der Waals surface area contributed by atoms with Gasteiger partial charge in [0.25, 0.3) is 0 Å². The van der Waals surface area contributed by atoms with Crippen LogP contribution in [0.15, 0.2) is 48.9 Å². The van der Waals surface area contributed by atoms with Crippen molar-refractivity contribution in [3.8, 4) is 11.4 Å². The van der Waals surface area contributed by atoms with Crippen LogP contribution in [-0.2, 0) is 11.0 Å². The van der Waals surface area contributed by atoms with Gasteiger partial charge in [-0.1, -0.05) is 36.8 Å². The number of aromatic nitrogens is 6. The van der Waals surface area contributed by atoms with Crippen LogP contribution >= 0.6 is 0 Å². The molecule has 7 heteroatoms. The number of fused-ring (bicyclic) bond motifs is 1. The number of benzene rings is 1. The van der Waals surface area contributed by atoms with Crippen molar-refractivity contribution >= 4 is 5.65 Å². The number of rotatable bonds is 4. The van der Waals surface area contributed by atoms with Crippen LogP contribution in [-0.4, -0.2) is 34.9 Å². The third-order valence-corrected chi connectivity index (χ3v) is 5.86. The van der Waals surface area contributed by atoms with Crippen molar-refractivity contribution < 1.29 is 5.11 Å². The van der Waals surface area contributed by atoms with E-state index in [1.54, 1.807) is 20.2 Å². The summed E-state index contributed by atoms with van der Waals surface area (Å²) in [7, 11) is 0. The summed E-state index contributed by atoms with van der Waals surface area (Å²) in [6.07, 6.45) is 6.79. The zero-order chi connectivity index (χ0) is 19.4. The minimum Gasteiger partial charge on any atom is -0.386 e. The summed E-state index contributed by atoms with van der Waals surface area (Å²) in [6.45, 7) is 3.55. The molecule has 0 atom stereocenters. The van der Waals surface area contributed by atoms with Gasteiger partial charge in [0, 0.05) is 17.3 Å². The topological polar surface area (TPSA) is 92.0 Å². The molecule has 3 heterocycles. The Labute approximate surface area is 162 Å². The van der Waals surface area contributed by atoms with E-state index in [1.165, 1.54) is 5.56 Å². The van der Waals surface area contributed by atoms with Crippen molar-refractivity contribution in [2.45, 2.75) is 44.1 Å². The molecule has 1 aliphatic rings. The van der Waals surface area contributed by atoms with E-state index in [0.29, 0.717) is 0 Å². The zero-order valence-corrected chi connectivity index (χ0v) is 15.9. The van der Waals surface area contributed by atoms with Crippen molar-refractivity contribution in [2.75, 3.05) is 0 Å². The first-order chi connectivity index (χ1) is 13.5. The maximum Gasteiger partial charge on any atom is 0.166 e. The first-order valence-electron chi connectivity index (χ1n) is 9.53. The standard InChI is InChI=1S/C21H22N6O/c1-20(2,28)16-5-3-12-27-18(16)25-26-19(27)21(10-4-11-21)15-8-6-14(7-9-15)17-22-13-23-24-17/h3,5-9,12-13,28H,4,10-11H2,1-2H3,(H,22,23,24). The minimum absolute atomic E-state index is 0.155. The summed E-state index contributed by atoms with van der Waals surface area (Å²) in [5, 5.41) is 27.5. The molecule has 5 rings (SSSR count). The lowest BCUT2D eigenvalue weighted by Gasteiger charge is -2.41. The quantitative estimate of drug-likeness (QED) is 0.572. The van der Waals surface area contributed by atoms with E-state index in [1.807, 2.05) is 22.7 Å². The molecular weight excluding hydrogens is 352 g/mol. The Bertz CT molecular complexity index is 1120. The molecule has 0 unspecified atom stereocenters. The molecular formula is C21H22N6O.